The molecule has 0 bridgehead atoms. The Morgan fingerprint density at radius 1 is 1.17 bits per heavy atom. The van der Waals surface area contributed by atoms with Gasteiger partial charge >= 0.3 is 0 Å². The van der Waals surface area contributed by atoms with Crippen LogP contribution in [0.4, 0.5) is 15.9 Å². The first-order chi connectivity index (χ1) is 17.3. The fourth-order valence-corrected chi connectivity index (χ4v) is 4.57. The van der Waals surface area contributed by atoms with E-state index < -0.39 is 11.9 Å². The summed E-state index contributed by atoms with van der Waals surface area (Å²) in [4.78, 5) is 27.9. The van der Waals surface area contributed by atoms with Crippen molar-refractivity contribution in [1.82, 2.24) is 9.47 Å². The number of amides is 2. The Kier molecular flexibility index (Phi) is 7.36. The van der Waals surface area contributed by atoms with Gasteiger partial charge < -0.3 is 15.4 Å². The molecule has 8 nitrogen and oxygen atoms in total. The zero-order valence-corrected chi connectivity index (χ0v) is 20.5. The van der Waals surface area contributed by atoms with Crippen molar-refractivity contribution in [2.75, 3.05) is 30.8 Å². The van der Waals surface area contributed by atoms with Gasteiger partial charge in [-0.15, -0.1) is 0 Å². The molecule has 1 aliphatic heterocycles. The maximum absolute atomic E-state index is 13.9. The van der Waals surface area contributed by atoms with Gasteiger partial charge in [0.05, 0.1) is 30.9 Å². The molecule has 2 amide bonds. The van der Waals surface area contributed by atoms with E-state index in [0.717, 1.165) is 12.1 Å². The van der Waals surface area contributed by atoms with Crippen LogP contribution >= 0.6 is 0 Å². The molecule has 3 aromatic rings. The lowest BCUT2D eigenvalue weighted by atomic mass is 10.2. The van der Waals surface area contributed by atoms with Crippen LogP contribution in [0.1, 0.15) is 29.7 Å². The van der Waals surface area contributed by atoms with Crippen LogP contribution < -0.4 is 15.4 Å². The van der Waals surface area contributed by atoms with Gasteiger partial charge in [-0.1, -0.05) is 6.07 Å². The number of methoxy groups -OCH3 is 1. The van der Waals surface area contributed by atoms with E-state index in [2.05, 4.69) is 16.7 Å². The third-order valence-corrected chi connectivity index (χ3v) is 6.52. The van der Waals surface area contributed by atoms with Crippen molar-refractivity contribution in [1.29, 1.82) is 5.26 Å². The molecule has 4 rings (SSSR count). The number of aromatic nitrogens is 1. The second kappa shape index (κ2) is 10.6. The Balaban J connectivity index is 1.50. The zero-order chi connectivity index (χ0) is 25.8. The standard InChI is InChI=1S/C27H28FN5O3/c1-17-18(2)33(21-7-4-6-19(28)14-21)26(23(17)15-29)31-25(34)16-32-13-5-8-24(32)27(35)30-20-9-11-22(36-3)12-10-20/h4,6-7,9-12,14,24H,5,8,13,16H2,1-3H3,(H,30,35)(H,31,34). The second-order valence-corrected chi connectivity index (χ2v) is 8.76. The van der Waals surface area contributed by atoms with Crippen LogP contribution in [0.3, 0.4) is 0 Å². The quantitative estimate of drug-likeness (QED) is 0.519. The van der Waals surface area contributed by atoms with Crippen molar-refractivity contribution in [3.63, 3.8) is 0 Å². The summed E-state index contributed by atoms with van der Waals surface area (Å²) in [6, 6.07) is 14.7. The van der Waals surface area contributed by atoms with Crippen LogP contribution in [-0.2, 0) is 9.59 Å². The topological polar surface area (TPSA) is 99.4 Å². The average Bonchev–Trinajstić information content (AvgIpc) is 3.41. The second-order valence-electron chi connectivity index (χ2n) is 8.76. The highest BCUT2D eigenvalue weighted by Gasteiger charge is 2.32. The fourth-order valence-electron chi connectivity index (χ4n) is 4.57. The van der Waals surface area contributed by atoms with Gasteiger partial charge in [-0.3, -0.25) is 19.1 Å². The molecule has 36 heavy (non-hydrogen) atoms. The molecule has 0 saturated carbocycles. The Morgan fingerprint density at radius 3 is 2.58 bits per heavy atom. The van der Waals surface area contributed by atoms with E-state index in [9.17, 15) is 19.2 Å². The Morgan fingerprint density at radius 2 is 1.92 bits per heavy atom. The highest BCUT2D eigenvalue weighted by Crippen LogP contribution is 2.30. The van der Waals surface area contributed by atoms with Crippen LogP contribution in [-0.4, -0.2) is 47.5 Å². The molecule has 2 heterocycles. The van der Waals surface area contributed by atoms with E-state index in [0.29, 0.717) is 47.0 Å². The maximum atomic E-state index is 13.9. The van der Waals surface area contributed by atoms with E-state index in [1.165, 1.54) is 12.1 Å². The van der Waals surface area contributed by atoms with Crippen molar-refractivity contribution in [2.24, 2.45) is 0 Å². The van der Waals surface area contributed by atoms with E-state index in [4.69, 9.17) is 4.74 Å². The minimum atomic E-state index is -0.452. The molecular weight excluding hydrogens is 461 g/mol. The molecule has 0 aliphatic carbocycles. The number of likely N-dealkylation sites (tertiary alicyclic amines) is 1. The van der Waals surface area contributed by atoms with Crippen LogP contribution in [0.2, 0.25) is 0 Å². The van der Waals surface area contributed by atoms with Gasteiger partial charge in [0.25, 0.3) is 0 Å². The number of rotatable bonds is 7. The normalized spacial score (nSPS) is 15.4. The first-order valence-electron chi connectivity index (χ1n) is 11.7. The molecule has 2 N–H and O–H groups in total. The number of ether oxygens (including phenoxy) is 1. The minimum absolute atomic E-state index is 0.0159. The highest BCUT2D eigenvalue weighted by molar-refractivity contribution is 5.97. The van der Waals surface area contributed by atoms with E-state index in [1.807, 2.05) is 11.8 Å². The van der Waals surface area contributed by atoms with Crippen LogP contribution in [0.15, 0.2) is 48.5 Å². The van der Waals surface area contributed by atoms with Crippen molar-refractivity contribution < 1.29 is 18.7 Å². The molecule has 0 radical (unpaired) electrons. The number of halogens is 1. The molecule has 0 spiro atoms. The van der Waals surface area contributed by atoms with Crippen LogP contribution in [0, 0.1) is 31.0 Å². The predicted octanol–water partition coefficient (Wildman–Crippen LogP) is 4.16. The van der Waals surface area contributed by atoms with E-state index in [1.54, 1.807) is 55.0 Å². The first-order valence-corrected chi connectivity index (χ1v) is 11.7. The Hall–Kier alpha value is -4.16. The van der Waals surface area contributed by atoms with Crippen molar-refractivity contribution in [2.45, 2.75) is 32.7 Å². The number of nitrogens with one attached hydrogen (secondary N) is 2. The summed E-state index contributed by atoms with van der Waals surface area (Å²) < 4.78 is 20.8. The summed E-state index contributed by atoms with van der Waals surface area (Å²) >= 11 is 0. The molecule has 1 aliphatic rings. The molecule has 1 saturated heterocycles. The maximum Gasteiger partial charge on any atom is 0.241 e. The fraction of sp³-hybridized carbons (Fsp3) is 0.296. The summed E-state index contributed by atoms with van der Waals surface area (Å²) in [5.74, 6) is 0.0273. The lowest BCUT2D eigenvalue weighted by Crippen LogP contribution is -2.43. The smallest absolute Gasteiger partial charge is 0.241 e. The lowest BCUT2D eigenvalue weighted by molar-refractivity contribution is -0.122. The van der Waals surface area contributed by atoms with Crippen molar-refractivity contribution in [3.05, 3.63) is 71.2 Å². The number of anilines is 2. The van der Waals surface area contributed by atoms with Crippen LogP contribution in [0.25, 0.3) is 5.69 Å². The molecule has 1 fully saturated rings. The molecule has 9 heteroatoms. The number of benzene rings is 2. The van der Waals surface area contributed by atoms with Crippen molar-refractivity contribution >= 4 is 23.3 Å². The zero-order valence-electron chi connectivity index (χ0n) is 20.5. The predicted molar refractivity (Wildman–Crippen MR) is 135 cm³/mol. The lowest BCUT2D eigenvalue weighted by Gasteiger charge is -2.23. The molecule has 1 aromatic heterocycles. The number of nitrogens with zero attached hydrogens (tertiary/aromatic N) is 3. The highest BCUT2D eigenvalue weighted by atomic mass is 19.1. The SMILES string of the molecule is COc1ccc(NC(=O)C2CCCN2CC(=O)Nc2c(C#N)c(C)c(C)n2-c2cccc(F)c2)cc1. The first kappa shape index (κ1) is 24.9. The van der Waals surface area contributed by atoms with Gasteiger partial charge in [0.2, 0.25) is 11.8 Å². The minimum Gasteiger partial charge on any atom is -0.497 e. The van der Waals surface area contributed by atoms with Gasteiger partial charge in [0.15, 0.2) is 0 Å². The summed E-state index contributed by atoms with van der Waals surface area (Å²) in [7, 11) is 1.58. The molecule has 2 aromatic carbocycles. The van der Waals surface area contributed by atoms with Gasteiger partial charge in [0, 0.05) is 11.4 Å². The average molecular weight is 490 g/mol. The third-order valence-electron chi connectivity index (χ3n) is 6.52. The number of carbonyl (C=O) groups is 2. The van der Waals surface area contributed by atoms with Gasteiger partial charge in [-0.05, 0) is 81.3 Å². The summed E-state index contributed by atoms with van der Waals surface area (Å²) in [5, 5.41) is 15.5. The molecule has 1 atom stereocenters. The molecular formula is C27H28FN5O3. The van der Waals surface area contributed by atoms with E-state index >= 15 is 0 Å². The van der Waals surface area contributed by atoms with E-state index in [-0.39, 0.29) is 18.4 Å². The van der Waals surface area contributed by atoms with Crippen molar-refractivity contribution in [3.8, 4) is 17.5 Å². The molecule has 1 unspecified atom stereocenters. The van der Waals surface area contributed by atoms with Gasteiger partial charge in [-0.25, -0.2) is 4.39 Å². The Labute approximate surface area is 209 Å². The number of hydrogen-bond donors (Lipinski definition) is 2. The van der Waals surface area contributed by atoms with Gasteiger partial charge in [-0.2, -0.15) is 5.26 Å². The molecule has 186 valence electrons. The van der Waals surface area contributed by atoms with Gasteiger partial charge in [0.1, 0.15) is 23.5 Å². The summed E-state index contributed by atoms with van der Waals surface area (Å²) in [6.07, 6.45) is 1.42. The summed E-state index contributed by atoms with van der Waals surface area (Å²) in [6.45, 7) is 4.19. The number of carbonyl (C=O) groups excluding carboxylic acids is 2. The number of nitriles is 1. The van der Waals surface area contributed by atoms with Crippen LogP contribution in [0.5, 0.6) is 5.75 Å². The number of hydrogen-bond acceptors (Lipinski definition) is 5. The largest absolute Gasteiger partial charge is 0.497 e. The Bertz CT molecular complexity index is 1330. The summed E-state index contributed by atoms with van der Waals surface area (Å²) in [5.41, 5.74) is 2.90. The third kappa shape index (κ3) is 5.09. The monoisotopic (exact) mass is 489 g/mol.